The molecule has 5 aliphatic rings. The molecule has 2 amide bonds. The van der Waals surface area contributed by atoms with E-state index in [9.17, 15) is 14.4 Å². The van der Waals surface area contributed by atoms with E-state index in [2.05, 4.69) is 9.97 Å². The zero-order valence-corrected chi connectivity index (χ0v) is 19.9. The van der Waals surface area contributed by atoms with Gasteiger partial charge in [0, 0.05) is 61.8 Å². The number of nitrogens with two attached hydrogens (primary N) is 1. The number of aromatic nitrogens is 3. The van der Waals surface area contributed by atoms with Crippen molar-refractivity contribution in [2.24, 2.45) is 36.0 Å². The summed E-state index contributed by atoms with van der Waals surface area (Å²) in [6.45, 7) is 1.15. The molecule has 3 heterocycles. The van der Waals surface area contributed by atoms with Gasteiger partial charge in [0.1, 0.15) is 11.9 Å². The van der Waals surface area contributed by atoms with Gasteiger partial charge < -0.3 is 19.9 Å². The van der Waals surface area contributed by atoms with Crippen LogP contribution in [0.1, 0.15) is 50.3 Å². The Labute approximate surface area is 203 Å². The summed E-state index contributed by atoms with van der Waals surface area (Å²) in [6.07, 6.45) is 10.2. The smallest absolute Gasteiger partial charge is 0.410 e. The normalized spacial score (nSPS) is 33.2. The lowest BCUT2D eigenvalue weighted by molar-refractivity contribution is -0.161. The van der Waals surface area contributed by atoms with E-state index in [0.717, 1.165) is 49.7 Å². The number of primary amides is 1. The molecule has 7 rings (SSSR count). The maximum atomic E-state index is 13.1. The molecule has 9 nitrogen and oxygen atoms in total. The first kappa shape index (κ1) is 22.2. The number of nitrogens with zero attached hydrogens (tertiary/aromatic N) is 4. The molecule has 0 spiro atoms. The van der Waals surface area contributed by atoms with Crippen molar-refractivity contribution in [3.8, 4) is 11.1 Å². The number of carbonyl (C=O) groups excluding carboxylic acids is 2. The Kier molecular flexibility index (Phi) is 5.19. The molecule has 1 aliphatic heterocycles. The van der Waals surface area contributed by atoms with Crippen molar-refractivity contribution < 1.29 is 14.3 Å². The number of aryl methyl sites for hydroxylation is 1. The molecule has 0 aromatic carbocycles. The van der Waals surface area contributed by atoms with Gasteiger partial charge in [-0.2, -0.15) is 0 Å². The van der Waals surface area contributed by atoms with E-state index in [1.165, 1.54) is 10.6 Å². The number of hydrogen-bond acceptors (Lipinski definition) is 6. The molecule has 184 valence electrons. The van der Waals surface area contributed by atoms with Crippen molar-refractivity contribution >= 4 is 12.0 Å². The van der Waals surface area contributed by atoms with Gasteiger partial charge in [0.05, 0.1) is 5.41 Å². The standard InChI is InChI=1S/C26H31N5O4/c1-30-13-16(2-3-21(30)32)20-11-28-23(29-12-20)17-4-5-31(14-17)25(34)35-22-18-6-15-7-19(22)10-26(8-15,9-18)24(27)33/h2-3,11-13,15,17-19,22H,4-10,14H2,1H3,(H2,27,33)/t15?,17?,18-,19-,22?,26?/m1/s1. The van der Waals surface area contributed by atoms with Gasteiger partial charge in [-0.25, -0.2) is 14.8 Å². The molecule has 1 saturated heterocycles. The van der Waals surface area contributed by atoms with Crippen molar-refractivity contribution in [2.75, 3.05) is 13.1 Å². The lowest BCUT2D eigenvalue weighted by atomic mass is 9.48. The van der Waals surface area contributed by atoms with Crippen molar-refractivity contribution in [2.45, 2.75) is 50.5 Å². The molecule has 2 N–H and O–H groups in total. The van der Waals surface area contributed by atoms with Crippen LogP contribution in [-0.4, -0.2) is 50.6 Å². The second-order valence-electron chi connectivity index (χ2n) is 11.1. The Hall–Kier alpha value is -3.23. The van der Waals surface area contributed by atoms with E-state index in [1.54, 1.807) is 36.6 Å². The quantitative estimate of drug-likeness (QED) is 0.722. The second-order valence-corrected chi connectivity index (χ2v) is 11.1. The number of rotatable bonds is 4. The van der Waals surface area contributed by atoms with Gasteiger partial charge in [0.25, 0.3) is 0 Å². The molecule has 2 aromatic rings. The van der Waals surface area contributed by atoms with Crippen molar-refractivity contribution in [1.82, 2.24) is 19.4 Å². The lowest BCUT2D eigenvalue weighted by Crippen LogP contribution is -2.59. The Balaban J connectivity index is 1.09. The molecule has 9 heteroatoms. The van der Waals surface area contributed by atoms with Gasteiger partial charge in [-0.15, -0.1) is 0 Å². The van der Waals surface area contributed by atoms with Crippen LogP contribution in [0.5, 0.6) is 0 Å². The van der Waals surface area contributed by atoms with E-state index in [1.807, 2.05) is 0 Å². The van der Waals surface area contributed by atoms with E-state index in [0.29, 0.717) is 24.8 Å². The fourth-order valence-electron chi connectivity index (χ4n) is 7.26. The average molecular weight is 478 g/mol. The highest BCUT2D eigenvalue weighted by molar-refractivity contribution is 5.81. The third kappa shape index (κ3) is 3.81. The van der Waals surface area contributed by atoms with Gasteiger partial charge in [-0.05, 0) is 62.3 Å². The predicted molar refractivity (Wildman–Crippen MR) is 127 cm³/mol. The number of hydrogen-bond donors (Lipinski definition) is 1. The SMILES string of the molecule is Cn1cc(-c2cnc(C3CCN(C(=O)OC4[C@@H]5CC6C[C@@H]4CC(C(N)=O)(C6)C5)C3)nc2)ccc1=O. The highest BCUT2D eigenvalue weighted by Gasteiger charge is 2.59. The van der Waals surface area contributed by atoms with Gasteiger partial charge in [0.2, 0.25) is 11.5 Å². The number of ether oxygens (including phenoxy) is 1. The Morgan fingerprint density at radius 1 is 1.09 bits per heavy atom. The summed E-state index contributed by atoms with van der Waals surface area (Å²) in [5.74, 6) is 1.62. The summed E-state index contributed by atoms with van der Waals surface area (Å²) in [6, 6.07) is 3.30. The fraction of sp³-hybridized carbons (Fsp3) is 0.577. The zero-order valence-electron chi connectivity index (χ0n) is 19.9. The summed E-state index contributed by atoms with van der Waals surface area (Å²) in [4.78, 5) is 47.8. The fourth-order valence-corrected chi connectivity index (χ4v) is 7.26. The number of amides is 2. The summed E-state index contributed by atoms with van der Waals surface area (Å²) >= 11 is 0. The molecule has 2 aromatic heterocycles. The van der Waals surface area contributed by atoms with E-state index in [-0.39, 0.29) is 46.8 Å². The van der Waals surface area contributed by atoms with Crippen LogP contribution in [0.25, 0.3) is 11.1 Å². The van der Waals surface area contributed by atoms with Gasteiger partial charge in [-0.3, -0.25) is 9.59 Å². The second kappa shape index (κ2) is 8.17. The van der Waals surface area contributed by atoms with E-state index in [4.69, 9.17) is 10.5 Å². The molecular formula is C26H31N5O4. The average Bonchev–Trinajstić information content (AvgIpc) is 3.33. The summed E-state index contributed by atoms with van der Waals surface area (Å²) in [7, 11) is 1.71. The summed E-state index contributed by atoms with van der Waals surface area (Å²) in [5.41, 5.74) is 7.06. The van der Waals surface area contributed by atoms with E-state index >= 15 is 0 Å². The maximum Gasteiger partial charge on any atom is 0.410 e. The van der Waals surface area contributed by atoms with Crippen LogP contribution in [0, 0.1) is 23.2 Å². The van der Waals surface area contributed by atoms with Crippen LogP contribution in [0.4, 0.5) is 4.79 Å². The minimum absolute atomic E-state index is 0.0633. The predicted octanol–water partition coefficient (Wildman–Crippen LogP) is 2.45. The molecule has 4 aliphatic carbocycles. The third-order valence-corrected chi connectivity index (χ3v) is 8.85. The van der Waals surface area contributed by atoms with Crippen LogP contribution in [0.2, 0.25) is 0 Å². The monoisotopic (exact) mass is 477 g/mol. The highest BCUT2D eigenvalue weighted by Crippen LogP contribution is 2.60. The molecule has 4 saturated carbocycles. The first-order valence-corrected chi connectivity index (χ1v) is 12.6. The first-order valence-electron chi connectivity index (χ1n) is 12.6. The molecule has 3 atom stereocenters. The minimum atomic E-state index is -0.379. The minimum Gasteiger partial charge on any atom is -0.446 e. The largest absolute Gasteiger partial charge is 0.446 e. The van der Waals surface area contributed by atoms with Gasteiger partial charge in [-0.1, -0.05) is 0 Å². The Bertz CT molecular complexity index is 1210. The summed E-state index contributed by atoms with van der Waals surface area (Å²) < 4.78 is 7.61. The Morgan fingerprint density at radius 2 is 1.80 bits per heavy atom. The number of carbonyl (C=O) groups is 2. The van der Waals surface area contributed by atoms with Gasteiger partial charge >= 0.3 is 6.09 Å². The van der Waals surface area contributed by atoms with Crippen LogP contribution >= 0.6 is 0 Å². The van der Waals surface area contributed by atoms with E-state index < -0.39 is 0 Å². The molecule has 1 unspecified atom stereocenters. The van der Waals surface area contributed by atoms with Crippen LogP contribution in [-0.2, 0) is 16.6 Å². The lowest BCUT2D eigenvalue weighted by Gasteiger charge is -2.58. The van der Waals surface area contributed by atoms with Crippen LogP contribution < -0.4 is 11.3 Å². The van der Waals surface area contributed by atoms with Gasteiger partial charge in [0.15, 0.2) is 0 Å². The molecule has 5 fully saturated rings. The topological polar surface area (TPSA) is 120 Å². The van der Waals surface area contributed by atoms with Crippen molar-refractivity contribution in [3.05, 3.63) is 46.9 Å². The van der Waals surface area contributed by atoms with Crippen molar-refractivity contribution in [3.63, 3.8) is 0 Å². The van der Waals surface area contributed by atoms with Crippen molar-refractivity contribution in [1.29, 1.82) is 0 Å². The molecular weight excluding hydrogens is 446 g/mol. The number of likely N-dealkylation sites (tertiary alicyclic amines) is 1. The highest BCUT2D eigenvalue weighted by atomic mass is 16.6. The van der Waals surface area contributed by atoms with Crippen LogP contribution in [0.3, 0.4) is 0 Å². The third-order valence-electron chi connectivity index (χ3n) is 8.85. The molecule has 0 radical (unpaired) electrons. The van der Waals surface area contributed by atoms with Crippen LogP contribution in [0.15, 0.2) is 35.5 Å². The Morgan fingerprint density at radius 3 is 2.46 bits per heavy atom. The first-order chi connectivity index (χ1) is 16.8. The zero-order chi connectivity index (χ0) is 24.3. The maximum absolute atomic E-state index is 13.1. The number of pyridine rings is 1. The molecule has 35 heavy (non-hydrogen) atoms. The summed E-state index contributed by atoms with van der Waals surface area (Å²) in [5, 5.41) is 0. The molecule has 4 bridgehead atoms.